The maximum Gasteiger partial charge on any atom is 0.272 e. The van der Waals surface area contributed by atoms with E-state index in [-0.39, 0.29) is 5.91 Å². The zero-order chi connectivity index (χ0) is 16.1. The second-order valence-corrected chi connectivity index (χ2v) is 5.12. The van der Waals surface area contributed by atoms with Crippen LogP contribution in [0.15, 0.2) is 30.5 Å². The molecule has 1 amide bonds. The lowest BCUT2D eigenvalue weighted by atomic mass is 10.1. The summed E-state index contributed by atoms with van der Waals surface area (Å²) < 4.78 is 0. The van der Waals surface area contributed by atoms with Crippen LogP contribution in [0.3, 0.4) is 0 Å². The van der Waals surface area contributed by atoms with Gasteiger partial charge in [-0.2, -0.15) is 0 Å². The van der Waals surface area contributed by atoms with Gasteiger partial charge in [-0.15, -0.1) is 0 Å². The average Bonchev–Trinajstić information content (AvgIpc) is 2.53. The summed E-state index contributed by atoms with van der Waals surface area (Å²) >= 11 is 0. The van der Waals surface area contributed by atoms with Gasteiger partial charge in [-0.25, -0.2) is 9.97 Å². The first-order valence-electron chi connectivity index (χ1n) is 7.52. The van der Waals surface area contributed by atoms with Crippen LogP contribution in [-0.4, -0.2) is 33.9 Å². The third-order valence-corrected chi connectivity index (χ3v) is 3.78. The molecule has 0 spiro atoms. The molecule has 2 rings (SSSR count). The topological polar surface area (TPSA) is 58.1 Å². The van der Waals surface area contributed by atoms with Crippen LogP contribution < -0.4 is 5.32 Å². The van der Waals surface area contributed by atoms with Crippen LogP contribution in [0.4, 0.5) is 11.6 Å². The maximum atomic E-state index is 12.3. The Labute approximate surface area is 131 Å². The average molecular weight is 298 g/mol. The number of anilines is 2. The number of benzene rings is 1. The molecule has 0 aliphatic heterocycles. The minimum absolute atomic E-state index is 0.0728. The zero-order valence-corrected chi connectivity index (χ0v) is 13.6. The van der Waals surface area contributed by atoms with Crippen LogP contribution in [0.1, 0.15) is 35.5 Å². The summed E-state index contributed by atoms with van der Waals surface area (Å²) in [6.07, 6.45) is 1.61. The lowest BCUT2D eigenvalue weighted by Gasteiger charge is -2.18. The van der Waals surface area contributed by atoms with Crippen LogP contribution in [0.5, 0.6) is 0 Å². The smallest absolute Gasteiger partial charge is 0.272 e. The van der Waals surface area contributed by atoms with Crippen molar-refractivity contribution in [3.05, 3.63) is 47.3 Å². The summed E-state index contributed by atoms with van der Waals surface area (Å²) in [6.45, 7) is 9.35. The Morgan fingerprint density at radius 2 is 1.91 bits per heavy atom. The first kappa shape index (κ1) is 15.9. The minimum Gasteiger partial charge on any atom is -0.338 e. The van der Waals surface area contributed by atoms with Crippen molar-refractivity contribution in [1.82, 2.24) is 14.9 Å². The van der Waals surface area contributed by atoms with E-state index in [1.165, 1.54) is 5.56 Å². The molecular weight excluding hydrogens is 276 g/mol. The molecular formula is C17H22N4O. The van der Waals surface area contributed by atoms with Gasteiger partial charge in [0.1, 0.15) is 5.69 Å². The molecule has 1 aromatic carbocycles. The monoisotopic (exact) mass is 298 g/mol. The second-order valence-electron chi connectivity index (χ2n) is 5.12. The summed E-state index contributed by atoms with van der Waals surface area (Å²) in [5.41, 5.74) is 3.70. The van der Waals surface area contributed by atoms with E-state index >= 15 is 0 Å². The number of amides is 1. The number of rotatable bonds is 5. The highest BCUT2D eigenvalue weighted by Gasteiger charge is 2.14. The number of aromatic nitrogens is 2. The van der Waals surface area contributed by atoms with E-state index in [2.05, 4.69) is 28.3 Å². The molecule has 0 aliphatic carbocycles. The van der Waals surface area contributed by atoms with Gasteiger partial charge in [0.15, 0.2) is 0 Å². The molecule has 5 nitrogen and oxygen atoms in total. The molecule has 116 valence electrons. The molecule has 0 saturated heterocycles. The van der Waals surface area contributed by atoms with Gasteiger partial charge in [-0.3, -0.25) is 4.79 Å². The van der Waals surface area contributed by atoms with Gasteiger partial charge in [0.25, 0.3) is 5.91 Å². The van der Waals surface area contributed by atoms with Crippen LogP contribution in [0.25, 0.3) is 0 Å². The van der Waals surface area contributed by atoms with Crippen LogP contribution in [0, 0.1) is 13.8 Å². The number of nitrogens with zero attached hydrogens (tertiary/aromatic N) is 3. The Balaban J connectivity index is 2.25. The molecule has 0 atom stereocenters. The maximum absolute atomic E-state index is 12.3. The normalized spacial score (nSPS) is 10.4. The molecule has 1 N–H and O–H groups in total. The Kier molecular flexibility index (Phi) is 5.09. The largest absolute Gasteiger partial charge is 0.338 e. The molecule has 0 bridgehead atoms. The van der Waals surface area contributed by atoms with Gasteiger partial charge in [0, 0.05) is 25.0 Å². The van der Waals surface area contributed by atoms with Crippen molar-refractivity contribution in [1.29, 1.82) is 0 Å². The standard InChI is InChI=1S/C17H22N4O/c1-5-21(6-2)16(22)15-10-11-18-17(20-15)19-14-9-7-8-12(3)13(14)4/h7-11H,5-6H2,1-4H3,(H,18,19,20). The molecule has 1 heterocycles. The van der Waals surface area contributed by atoms with E-state index in [0.29, 0.717) is 24.7 Å². The van der Waals surface area contributed by atoms with Crippen molar-refractivity contribution in [2.45, 2.75) is 27.7 Å². The highest BCUT2D eigenvalue weighted by Crippen LogP contribution is 2.20. The Bertz CT molecular complexity index is 665. The number of nitrogens with one attached hydrogen (secondary N) is 1. The van der Waals surface area contributed by atoms with E-state index in [9.17, 15) is 4.79 Å². The van der Waals surface area contributed by atoms with Crippen molar-refractivity contribution in [3.63, 3.8) is 0 Å². The lowest BCUT2D eigenvalue weighted by molar-refractivity contribution is 0.0767. The number of aryl methyl sites for hydroxylation is 1. The van der Waals surface area contributed by atoms with Gasteiger partial charge in [0.05, 0.1) is 0 Å². The lowest BCUT2D eigenvalue weighted by Crippen LogP contribution is -2.31. The van der Waals surface area contributed by atoms with Gasteiger partial charge >= 0.3 is 0 Å². The third-order valence-electron chi connectivity index (χ3n) is 3.78. The van der Waals surface area contributed by atoms with E-state index < -0.39 is 0 Å². The summed E-state index contributed by atoms with van der Waals surface area (Å²) in [7, 11) is 0. The molecule has 0 aliphatic rings. The van der Waals surface area contributed by atoms with Gasteiger partial charge in [0.2, 0.25) is 5.95 Å². The Morgan fingerprint density at radius 3 is 2.59 bits per heavy atom. The molecule has 0 unspecified atom stereocenters. The number of carbonyl (C=O) groups excluding carboxylic acids is 1. The van der Waals surface area contributed by atoms with Crippen LogP contribution in [0.2, 0.25) is 0 Å². The van der Waals surface area contributed by atoms with Crippen molar-refractivity contribution < 1.29 is 4.79 Å². The van der Waals surface area contributed by atoms with Crippen LogP contribution >= 0.6 is 0 Å². The molecule has 0 fully saturated rings. The Morgan fingerprint density at radius 1 is 1.18 bits per heavy atom. The summed E-state index contributed by atoms with van der Waals surface area (Å²) in [5.74, 6) is 0.364. The molecule has 0 radical (unpaired) electrons. The van der Waals surface area contributed by atoms with Crippen molar-refractivity contribution in [2.24, 2.45) is 0 Å². The summed E-state index contributed by atoms with van der Waals surface area (Å²) in [4.78, 5) is 22.6. The van der Waals surface area contributed by atoms with E-state index in [1.54, 1.807) is 17.2 Å². The quantitative estimate of drug-likeness (QED) is 0.920. The third kappa shape index (κ3) is 3.42. The predicted molar refractivity (Wildman–Crippen MR) is 88.5 cm³/mol. The minimum atomic E-state index is -0.0728. The molecule has 1 aromatic heterocycles. The van der Waals surface area contributed by atoms with Crippen LogP contribution in [-0.2, 0) is 0 Å². The first-order chi connectivity index (χ1) is 10.6. The van der Waals surface area contributed by atoms with Gasteiger partial charge in [-0.1, -0.05) is 12.1 Å². The first-order valence-corrected chi connectivity index (χ1v) is 7.52. The zero-order valence-electron chi connectivity index (χ0n) is 13.6. The van der Waals surface area contributed by atoms with Crippen molar-refractivity contribution in [3.8, 4) is 0 Å². The highest BCUT2D eigenvalue weighted by molar-refractivity contribution is 5.92. The highest BCUT2D eigenvalue weighted by atomic mass is 16.2. The summed E-state index contributed by atoms with van der Waals surface area (Å²) in [5, 5.41) is 3.19. The fourth-order valence-electron chi connectivity index (χ4n) is 2.22. The molecule has 22 heavy (non-hydrogen) atoms. The van der Waals surface area contributed by atoms with Gasteiger partial charge in [-0.05, 0) is 51.0 Å². The molecule has 5 heteroatoms. The van der Waals surface area contributed by atoms with Gasteiger partial charge < -0.3 is 10.2 Å². The second kappa shape index (κ2) is 7.02. The predicted octanol–water partition coefficient (Wildman–Crippen LogP) is 3.32. The summed E-state index contributed by atoms with van der Waals surface area (Å²) in [6, 6.07) is 7.66. The van der Waals surface area contributed by atoms with E-state index in [0.717, 1.165) is 11.3 Å². The fraction of sp³-hybridized carbons (Fsp3) is 0.353. The SMILES string of the molecule is CCN(CC)C(=O)c1ccnc(Nc2cccc(C)c2C)n1. The van der Waals surface area contributed by atoms with E-state index in [1.807, 2.05) is 32.9 Å². The molecule has 0 saturated carbocycles. The Hall–Kier alpha value is -2.43. The van der Waals surface area contributed by atoms with Crippen molar-refractivity contribution in [2.75, 3.05) is 18.4 Å². The number of hydrogen-bond acceptors (Lipinski definition) is 4. The number of carbonyl (C=O) groups is 1. The van der Waals surface area contributed by atoms with E-state index in [4.69, 9.17) is 0 Å². The molecule has 2 aromatic rings. The fourth-order valence-corrected chi connectivity index (χ4v) is 2.22. The van der Waals surface area contributed by atoms with Crippen molar-refractivity contribution >= 4 is 17.5 Å². The number of hydrogen-bond donors (Lipinski definition) is 1.